The number of hydrogen-bond acceptors (Lipinski definition) is 6. The van der Waals surface area contributed by atoms with Crippen molar-refractivity contribution in [3.05, 3.63) is 47.6 Å². The average molecular weight is 426 g/mol. The highest BCUT2D eigenvalue weighted by atomic mass is 16.4. The highest BCUT2D eigenvalue weighted by molar-refractivity contribution is 6.26. The van der Waals surface area contributed by atoms with Crippen LogP contribution in [0.15, 0.2) is 47.6 Å². The largest absolute Gasteiger partial charge is 0.539 e. The molecule has 0 aromatic carbocycles. The second-order valence-electron chi connectivity index (χ2n) is 5.97. The molecule has 0 radical (unpaired) electrons. The summed E-state index contributed by atoms with van der Waals surface area (Å²) in [5.74, 6) is -8.02. The lowest BCUT2D eigenvalue weighted by atomic mass is 10.1. The van der Waals surface area contributed by atoms with Crippen molar-refractivity contribution in [2.24, 2.45) is 0 Å². The molecule has 0 aromatic rings. The van der Waals surface area contributed by atoms with Crippen molar-refractivity contribution in [2.75, 3.05) is 13.1 Å². The Balaban J connectivity index is 0. The average Bonchev–Trinajstić information content (AvgIpc) is 3.40. The third-order valence-corrected chi connectivity index (χ3v) is 3.51. The first kappa shape index (κ1) is 29.0. The molecule has 0 fully saturated rings. The van der Waals surface area contributed by atoms with E-state index in [0.29, 0.717) is 0 Å². The molecular weight excluding hydrogens is 396 g/mol. The van der Waals surface area contributed by atoms with E-state index < -0.39 is 23.9 Å². The lowest BCUT2D eigenvalue weighted by Crippen LogP contribution is -2.50. The van der Waals surface area contributed by atoms with Crippen LogP contribution in [0.3, 0.4) is 0 Å². The van der Waals surface area contributed by atoms with Gasteiger partial charge in [-0.1, -0.05) is 47.6 Å². The number of quaternary nitrogens is 2. The fourth-order valence-corrected chi connectivity index (χ4v) is 2.05. The maximum Gasteiger partial charge on any atom is 0.351 e. The van der Waals surface area contributed by atoms with Crippen LogP contribution in [0.1, 0.15) is 38.5 Å². The van der Waals surface area contributed by atoms with E-state index in [1.54, 1.807) is 5.57 Å². The summed E-state index contributed by atoms with van der Waals surface area (Å²) in [7, 11) is 0. The van der Waals surface area contributed by atoms with E-state index in [2.05, 4.69) is 47.9 Å². The van der Waals surface area contributed by atoms with Crippen LogP contribution >= 0.6 is 0 Å². The van der Waals surface area contributed by atoms with E-state index in [1.807, 2.05) is 0 Å². The van der Waals surface area contributed by atoms with Gasteiger partial charge in [0, 0.05) is 12.8 Å². The number of aliphatic carboxylic acids is 4. The standard InChI is InChI=1S/2C8H13N.2C2H2O4/c2*9-7-3-6-8-4-1-2-5-8;2*3-1(4)2(5)6/h1,4-5H,2-3,6-7,9H2;1-2,4H,3,5-7,9H2;2*(H,3,4)(H,5,6). The molecule has 0 saturated carbocycles. The molecule has 0 saturated heterocycles. The summed E-state index contributed by atoms with van der Waals surface area (Å²) in [6, 6.07) is 0. The molecule has 0 amide bonds. The fourth-order valence-electron chi connectivity index (χ4n) is 2.05. The van der Waals surface area contributed by atoms with Crippen LogP contribution in [0.4, 0.5) is 0 Å². The van der Waals surface area contributed by atoms with Crippen LogP contribution < -0.4 is 21.7 Å². The number of carbonyl (C=O) groups is 4. The minimum atomic E-state index is -2.07. The number of rotatable bonds is 6. The van der Waals surface area contributed by atoms with Gasteiger partial charge in [0.15, 0.2) is 11.9 Å². The van der Waals surface area contributed by atoms with E-state index >= 15 is 0 Å². The van der Waals surface area contributed by atoms with Gasteiger partial charge in [-0.15, -0.1) is 0 Å². The van der Waals surface area contributed by atoms with Crippen LogP contribution in [0.2, 0.25) is 0 Å². The highest BCUT2D eigenvalue weighted by Crippen LogP contribution is 2.15. The second kappa shape index (κ2) is 19.1. The minimum absolute atomic E-state index is 1.06. The Morgan fingerprint density at radius 1 is 0.900 bits per heavy atom. The topological polar surface area (TPSA) is 210 Å². The van der Waals surface area contributed by atoms with E-state index in [9.17, 15) is 0 Å². The van der Waals surface area contributed by atoms with Crippen LogP contribution in [0.25, 0.3) is 0 Å². The Kier molecular flexibility index (Phi) is 18.4. The van der Waals surface area contributed by atoms with Crippen molar-refractivity contribution in [1.29, 1.82) is 0 Å². The van der Waals surface area contributed by atoms with Crippen molar-refractivity contribution < 1.29 is 51.1 Å². The van der Waals surface area contributed by atoms with Gasteiger partial charge in [0.1, 0.15) is 0 Å². The Labute approximate surface area is 174 Å². The summed E-state index contributed by atoms with van der Waals surface area (Å²) >= 11 is 0. The molecule has 2 rings (SSSR count). The molecule has 0 unspecified atom stereocenters. The van der Waals surface area contributed by atoms with Gasteiger partial charge in [-0.3, -0.25) is 0 Å². The molecule has 168 valence electrons. The van der Waals surface area contributed by atoms with Gasteiger partial charge in [0.2, 0.25) is 0 Å². The molecule has 0 heterocycles. The van der Waals surface area contributed by atoms with Crippen molar-refractivity contribution in [3.63, 3.8) is 0 Å². The van der Waals surface area contributed by atoms with Gasteiger partial charge in [-0.05, 0) is 25.7 Å². The molecular formula is C20H30N2O8. The number of carboxylic acids is 4. The lowest BCUT2D eigenvalue weighted by Gasteiger charge is -1.95. The molecule has 0 bridgehead atoms. The Morgan fingerprint density at radius 2 is 1.40 bits per heavy atom. The van der Waals surface area contributed by atoms with E-state index in [4.69, 9.17) is 39.6 Å². The molecule has 10 nitrogen and oxygen atoms in total. The van der Waals surface area contributed by atoms with Crippen LogP contribution in [0, 0.1) is 0 Å². The fraction of sp³-hybridized carbons (Fsp3) is 0.400. The maximum atomic E-state index is 9.04. The smallest absolute Gasteiger partial charge is 0.351 e. The quantitative estimate of drug-likeness (QED) is 0.331. The lowest BCUT2D eigenvalue weighted by molar-refractivity contribution is -0.368. The molecule has 30 heavy (non-hydrogen) atoms. The first-order valence-electron chi connectivity index (χ1n) is 9.32. The Hall–Kier alpha value is -3.24. The second-order valence-corrected chi connectivity index (χ2v) is 5.97. The predicted octanol–water partition coefficient (Wildman–Crippen LogP) is -2.57. The Bertz CT molecular complexity index is 630. The summed E-state index contributed by atoms with van der Waals surface area (Å²) < 4.78 is 0. The molecule has 0 aliphatic heterocycles. The van der Waals surface area contributed by atoms with Gasteiger partial charge in [-0.25, -0.2) is 9.59 Å². The van der Waals surface area contributed by atoms with Gasteiger partial charge in [-0.2, -0.15) is 0 Å². The third-order valence-electron chi connectivity index (χ3n) is 3.51. The van der Waals surface area contributed by atoms with Gasteiger partial charge in [0.05, 0.1) is 13.1 Å². The number of carbonyl (C=O) groups excluding carboxylic acids is 2. The molecule has 10 heteroatoms. The van der Waals surface area contributed by atoms with Crippen molar-refractivity contribution >= 4 is 23.9 Å². The van der Waals surface area contributed by atoms with Crippen molar-refractivity contribution in [3.8, 4) is 0 Å². The summed E-state index contributed by atoms with van der Waals surface area (Å²) in [6.07, 6.45) is 20.5. The zero-order valence-electron chi connectivity index (χ0n) is 16.9. The number of hydrogen-bond donors (Lipinski definition) is 4. The van der Waals surface area contributed by atoms with E-state index in [0.717, 1.165) is 19.5 Å². The minimum Gasteiger partial charge on any atom is -0.539 e. The first-order valence-corrected chi connectivity index (χ1v) is 9.32. The molecule has 8 N–H and O–H groups in total. The Morgan fingerprint density at radius 3 is 1.73 bits per heavy atom. The third kappa shape index (κ3) is 19.5. The SMILES string of the molecule is O=C([O-])C(=O)O.O=C([O-])C(=O)O.[NH3+]CCCC1=CC=CC1.[NH3+]CCCC1=CCC=C1. The van der Waals surface area contributed by atoms with Gasteiger partial charge in [0.25, 0.3) is 0 Å². The van der Waals surface area contributed by atoms with Crippen molar-refractivity contribution in [2.45, 2.75) is 38.5 Å². The summed E-state index contributed by atoms with van der Waals surface area (Å²) in [4.78, 5) is 36.1. The monoisotopic (exact) mass is 426 g/mol. The first-order chi connectivity index (χ1) is 14.1. The van der Waals surface area contributed by atoms with Gasteiger partial charge >= 0.3 is 11.9 Å². The zero-order valence-corrected chi connectivity index (χ0v) is 16.9. The van der Waals surface area contributed by atoms with E-state index in [1.165, 1.54) is 37.7 Å². The van der Waals surface area contributed by atoms with Gasteiger partial charge < -0.3 is 41.5 Å². The number of carboxylic acid groups (broad SMARTS) is 4. The van der Waals surface area contributed by atoms with Crippen LogP contribution in [-0.2, 0) is 19.2 Å². The highest BCUT2D eigenvalue weighted by Gasteiger charge is 1.97. The molecule has 0 atom stereocenters. The maximum absolute atomic E-state index is 9.04. The van der Waals surface area contributed by atoms with E-state index in [-0.39, 0.29) is 0 Å². The summed E-state index contributed by atoms with van der Waals surface area (Å²) in [5, 5.41) is 32.6. The summed E-state index contributed by atoms with van der Waals surface area (Å²) in [5.41, 5.74) is 10.7. The van der Waals surface area contributed by atoms with Crippen molar-refractivity contribution in [1.82, 2.24) is 0 Å². The normalized spacial score (nSPS) is 12.7. The molecule has 0 aromatic heterocycles. The zero-order chi connectivity index (χ0) is 23.4. The summed E-state index contributed by atoms with van der Waals surface area (Å²) in [6.45, 7) is 2.13. The van der Waals surface area contributed by atoms with Crippen LogP contribution in [-0.4, -0.2) is 47.2 Å². The molecule has 2 aliphatic carbocycles. The molecule has 0 spiro atoms. The predicted molar refractivity (Wildman–Crippen MR) is 103 cm³/mol. The molecule has 2 aliphatic rings. The van der Waals surface area contributed by atoms with Crippen LogP contribution in [0.5, 0.6) is 0 Å². The number of allylic oxidation sites excluding steroid dienone is 8.